The van der Waals surface area contributed by atoms with Crippen LogP contribution in [0, 0.1) is 0 Å². The fraction of sp³-hybridized carbons (Fsp3) is 0. The van der Waals surface area contributed by atoms with Gasteiger partial charge in [0.25, 0.3) is 10.1 Å². The van der Waals surface area contributed by atoms with Crippen LogP contribution in [0.5, 0.6) is 0 Å². The second-order valence-electron chi connectivity index (χ2n) is 3.62. The van der Waals surface area contributed by atoms with Crippen molar-refractivity contribution < 1.29 is 44.0 Å². The van der Waals surface area contributed by atoms with Gasteiger partial charge in [0, 0.05) is 16.5 Å². The minimum Gasteiger partial charge on any atom is -1.00 e. The SMILES string of the molecule is NC(=S)Nc1ccc(S(=O)(=O)O)c2ccccc12.[H-].[Na+]. The quantitative estimate of drug-likeness (QED) is 0.369. The fourth-order valence-corrected chi connectivity index (χ4v) is 2.54. The second-order valence-corrected chi connectivity index (χ2v) is 5.45. The maximum Gasteiger partial charge on any atom is 1.00 e. The number of nitrogens with one attached hydrogen (secondary N) is 1. The number of rotatable bonds is 2. The van der Waals surface area contributed by atoms with Crippen LogP contribution in [0.3, 0.4) is 0 Å². The van der Waals surface area contributed by atoms with Gasteiger partial charge in [-0.1, -0.05) is 24.3 Å². The van der Waals surface area contributed by atoms with E-state index >= 15 is 0 Å². The third kappa shape index (κ3) is 3.65. The summed E-state index contributed by atoms with van der Waals surface area (Å²) < 4.78 is 31.7. The van der Waals surface area contributed by atoms with E-state index in [-0.39, 0.29) is 41.0 Å². The van der Waals surface area contributed by atoms with E-state index in [0.717, 1.165) is 0 Å². The van der Waals surface area contributed by atoms with E-state index in [2.05, 4.69) is 5.32 Å². The molecule has 8 heteroatoms. The minimum absolute atomic E-state index is 0. The third-order valence-electron chi connectivity index (χ3n) is 2.42. The average molecular weight is 306 g/mol. The van der Waals surface area contributed by atoms with Gasteiger partial charge in [0.2, 0.25) is 0 Å². The molecule has 0 aromatic heterocycles. The molecule has 0 radical (unpaired) electrons. The number of fused-ring (bicyclic) bond motifs is 1. The molecule has 0 heterocycles. The molecule has 0 aliphatic carbocycles. The number of hydrogen-bond acceptors (Lipinski definition) is 3. The minimum atomic E-state index is -4.27. The molecule has 0 amide bonds. The molecule has 96 valence electrons. The first-order valence-electron chi connectivity index (χ1n) is 4.95. The molecule has 0 fully saturated rings. The first-order chi connectivity index (χ1) is 8.39. The molecule has 19 heavy (non-hydrogen) atoms. The van der Waals surface area contributed by atoms with E-state index in [9.17, 15) is 8.42 Å². The van der Waals surface area contributed by atoms with Crippen molar-refractivity contribution in [3.63, 3.8) is 0 Å². The second kappa shape index (κ2) is 6.17. The molecule has 0 spiro atoms. The number of hydrogen-bond donors (Lipinski definition) is 3. The van der Waals surface area contributed by atoms with E-state index in [0.29, 0.717) is 16.5 Å². The smallest absolute Gasteiger partial charge is 1.00 e. The van der Waals surface area contributed by atoms with Crippen molar-refractivity contribution in [3.8, 4) is 0 Å². The van der Waals surface area contributed by atoms with Gasteiger partial charge < -0.3 is 12.5 Å². The first kappa shape index (κ1) is 16.4. The van der Waals surface area contributed by atoms with Crippen LogP contribution in [0.4, 0.5) is 5.69 Å². The summed E-state index contributed by atoms with van der Waals surface area (Å²) in [5.74, 6) is 0. The zero-order valence-corrected chi connectivity index (χ0v) is 13.8. The van der Waals surface area contributed by atoms with Crippen molar-refractivity contribution in [2.45, 2.75) is 4.90 Å². The predicted molar refractivity (Wildman–Crippen MR) is 75.3 cm³/mol. The van der Waals surface area contributed by atoms with Gasteiger partial charge in [-0.25, -0.2) is 0 Å². The third-order valence-corrected chi connectivity index (χ3v) is 3.43. The summed E-state index contributed by atoms with van der Waals surface area (Å²) in [6, 6.07) is 9.55. The van der Waals surface area contributed by atoms with Gasteiger partial charge >= 0.3 is 29.6 Å². The maximum atomic E-state index is 11.3. The Hall–Kier alpha value is -0.700. The Balaban J connectivity index is 0.00000180. The zero-order chi connectivity index (χ0) is 13.3. The van der Waals surface area contributed by atoms with Crippen molar-refractivity contribution >= 4 is 43.9 Å². The van der Waals surface area contributed by atoms with Crippen LogP contribution in [0.25, 0.3) is 10.8 Å². The molecule has 0 aliphatic heterocycles. The van der Waals surface area contributed by atoms with Crippen molar-refractivity contribution in [1.29, 1.82) is 0 Å². The molecule has 0 saturated heterocycles. The van der Waals surface area contributed by atoms with Gasteiger partial charge in [0.1, 0.15) is 4.90 Å². The Bertz CT molecular complexity index is 738. The van der Waals surface area contributed by atoms with E-state index in [4.69, 9.17) is 22.5 Å². The van der Waals surface area contributed by atoms with Gasteiger partial charge in [0.15, 0.2) is 5.11 Å². The number of nitrogens with two attached hydrogens (primary N) is 1. The molecule has 4 N–H and O–H groups in total. The van der Waals surface area contributed by atoms with Crippen LogP contribution < -0.4 is 40.6 Å². The Morgan fingerprint density at radius 2 is 1.79 bits per heavy atom. The summed E-state index contributed by atoms with van der Waals surface area (Å²) >= 11 is 4.75. The number of thiocarbonyl (C=S) groups is 1. The first-order valence-corrected chi connectivity index (χ1v) is 6.80. The Labute approximate surface area is 139 Å². The Kier molecular flexibility index (Phi) is 5.31. The summed E-state index contributed by atoms with van der Waals surface area (Å²) in [5, 5.41) is 3.86. The molecule has 0 atom stereocenters. The summed E-state index contributed by atoms with van der Waals surface area (Å²) in [6.07, 6.45) is 0. The molecule has 5 nitrogen and oxygen atoms in total. The van der Waals surface area contributed by atoms with Crippen LogP contribution >= 0.6 is 12.2 Å². The molecule has 0 saturated carbocycles. The maximum absolute atomic E-state index is 11.3. The van der Waals surface area contributed by atoms with Crippen molar-refractivity contribution in [3.05, 3.63) is 36.4 Å². The van der Waals surface area contributed by atoms with Gasteiger partial charge in [-0.3, -0.25) is 4.55 Å². The molecule has 0 unspecified atom stereocenters. The zero-order valence-electron chi connectivity index (χ0n) is 11.1. The van der Waals surface area contributed by atoms with Gasteiger partial charge in [-0.05, 0) is 24.4 Å². The standard InChI is InChI=1S/C11H10N2O3S2.Na.H/c12-11(17)13-9-5-6-10(18(14,15)16)8-4-2-1-3-7(8)9;;/h1-6H,(H3,12,13,17)(H,14,15,16);;/q;+1;-1. The molecule has 2 aromatic rings. The van der Waals surface area contributed by atoms with E-state index in [1.54, 1.807) is 24.3 Å². The molecule has 2 rings (SSSR count). The van der Waals surface area contributed by atoms with E-state index < -0.39 is 10.1 Å². The summed E-state index contributed by atoms with van der Waals surface area (Å²) in [7, 11) is -4.27. The molecule has 2 aromatic carbocycles. The average Bonchev–Trinajstić information content (AvgIpc) is 2.27. The van der Waals surface area contributed by atoms with Crippen molar-refractivity contribution in [2.75, 3.05) is 5.32 Å². The molecule has 0 bridgehead atoms. The molecular formula is C11H11N2NaO3S2. The van der Waals surface area contributed by atoms with Crippen LogP contribution in [-0.2, 0) is 10.1 Å². The topological polar surface area (TPSA) is 92.4 Å². The van der Waals surface area contributed by atoms with Crippen molar-refractivity contribution in [1.82, 2.24) is 0 Å². The summed E-state index contributed by atoms with van der Waals surface area (Å²) in [5.41, 5.74) is 5.98. The predicted octanol–water partition coefficient (Wildman–Crippen LogP) is -1.14. The largest absolute Gasteiger partial charge is 1.00 e. The van der Waals surface area contributed by atoms with Gasteiger partial charge in [-0.15, -0.1) is 0 Å². The Morgan fingerprint density at radius 3 is 2.32 bits per heavy atom. The molecule has 0 aliphatic rings. The number of benzene rings is 2. The van der Waals surface area contributed by atoms with Crippen LogP contribution in [-0.4, -0.2) is 18.1 Å². The Morgan fingerprint density at radius 1 is 1.21 bits per heavy atom. The van der Waals surface area contributed by atoms with Crippen LogP contribution in [0.2, 0.25) is 0 Å². The van der Waals surface area contributed by atoms with Gasteiger partial charge in [0.05, 0.1) is 0 Å². The van der Waals surface area contributed by atoms with E-state index in [1.807, 2.05) is 0 Å². The monoisotopic (exact) mass is 306 g/mol. The fourth-order valence-electron chi connectivity index (χ4n) is 1.74. The van der Waals surface area contributed by atoms with E-state index in [1.165, 1.54) is 12.1 Å². The normalized spacial score (nSPS) is 10.8. The van der Waals surface area contributed by atoms with Crippen LogP contribution in [0.15, 0.2) is 41.3 Å². The summed E-state index contributed by atoms with van der Waals surface area (Å²) in [4.78, 5) is -0.147. The molecular weight excluding hydrogens is 295 g/mol. The van der Waals surface area contributed by atoms with Gasteiger partial charge in [-0.2, -0.15) is 8.42 Å². The van der Waals surface area contributed by atoms with Crippen LogP contribution in [0.1, 0.15) is 1.43 Å². The summed E-state index contributed by atoms with van der Waals surface area (Å²) in [6.45, 7) is 0. The number of anilines is 1. The van der Waals surface area contributed by atoms with Crippen molar-refractivity contribution in [2.24, 2.45) is 5.73 Å².